The molecule has 0 aromatic heterocycles. The molecule has 0 saturated heterocycles. The van der Waals surface area contributed by atoms with Gasteiger partial charge < -0.3 is 15.7 Å². The Morgan fingerprint density at radius 1 is 1.19 bits per heavy atom. The minimum Gasteiger partial charge on any atom is -0.480 e. The maximum Gasteiger partial charge on any atom is 0.401 e. The second-order valence-electron chi connectivity index (χ2n) is 5.75. The molecule has 1 aromatic carbocycles. The summed E-state index contributed by atoms with van der Waals surface area (Å²) in [6.45, 7) is -0.550. The third-order valence-electron chi connectivity index (χ3n) is 3.62. The maximum atomic E-state index is 14.0. The summed E-state index contributed by atoms with van der Waals surface area (Å²) in [7, 11) is 0. The van der Waals surface area contributed by atoms with Crippen LogP contribution in [0.4, 0.5) is 22.0 Å². The van der Waals surface area contributed by atoms with Gasteiger partial charge >= 0.3 is 12.1 Å². The average molecular weight is 382 g/mol. The monoisotopic (exact) mass is 382 g/mol. The topological polar surface area (TPSA) is 78.4 Å². The van der Waals surface area contributed by atoms with Crippen molar-refractivity contribution in [1.82, 2.24) is 10.6 Å². The van der Waals surface area contributed by atoms with E-state index in [1.807, 2.05) is 0 Å². The summed E-state index contributed by atoms with van der Waals surface area (Å²) >= 11 is 0. The van der Waals surface area contributed by atoms with E-state index in [1.165, 1.54) is 12.1 Å². The third kappa shape index (κ3) is 7.34. The molecule has 0 aliphatic carbocycles. The summed E-state index contributed by atoms with van der Waals surface area (Å²) in [5.74, 6) is -5.19. The van der Waals surface area contributed by atoms with Crippen molar-refractivity contribution in [2.24, 2.45) is 0 Å². The van der Waals surface area contributed by atoms with E-state index in [9.17, 15) is 31.5 Å². The van der Waals surface area contributed by atoms with Crippen molar-refractivity contribution in [2.45, 2.75) is 37.9 Å². The molecule has 0 radical (unpaired) electrons. The lowest BCUT2D eigenvalue weighted by molar-refractivity contribution is -0.141. The lowest BCUT2D eigenvalue weighted by atomic mass is 9.91. The smallest absolute Gasteiger partial charge is 0.401 e. The van der Waals surface area contributed by atoms with Crippen LogP contribution in [0.2, 0.25) is 0 Å². The van der Waals surface area contributed by atoms with Crippen molar-refractivity contribution in [1.29, 1.82) is 0 Å². The molecule has 10 heteroatoms. The number of halogens is 5. The van der Waals surface area contributed by atoms with E-state index in [0.29, 0.717) is 0 Å². The standard InChI is InChI=1S/C16H19F5N2O3/c1-9(24)23-13(15(25)26)6-5-10(7-22-8-16(19,20)21)11-3-2-4-12(17)14(11)18/h2-4,10,13,22H,5-8H2,1H3,(H,23,24)(H,25,26)/t10-,13?/m1/s1. The van der Waals surface area contributed by atoms with Gasteiger partial charge in [0, 0.05) is 13.5 Å². The molecule has 0 fully saturated rings. The van der Waals surface area contributed by atoms with Crippen LogP contribution < -0.4 is 10.6 Å². The molecule has 0 bridgehead atoms. The fourth-order valence-corrected chi connectivity index (χ4v) is 2.46. The zero-order valence-corrected chi connectivity index (χ0v) is 13.9. The Bertz CT molecular complexity index is 637. The normalized spacial score (nSPS) is 13.9. The number of hydrogen-bond donors (Lipinski definition) is 3. The van der Waals surface area contributed by atoms with Crippen molar-refractivity contribution in [2.75, 3.05) is 13.1 Å². The summed E-state index contributed by atoms with van der Waals surface area (Å²) < 4.78 is 64.3. The molecule has 0 spiro atoms. The van der Waals surface area contributed by atoms with Crippen molar-refractivity contribution in [3.05, 3.63) is 35.4 Å². The predicted molar refractivity (Wildman–Crippen MR) is 82.5 cm³/mol. The molecule has 26 heavy (non-hydrogen) atoms. The molecule has 0 saturated carbocycles. The van der Waals surface area contributed by atoms with Gasteiger partial charge in [0.15, 0.2) is 11.6 Å². The summed E-state index contributed by atoms with van der Waals surface area (Å²) in [6.07, 6.45) is -4.73. The summed E-state index contributed by atoms with van der Waals surface area (Å²) in [5, 5.41) is 13.4. The Morgan fingerprint density at radius 3 is 2.38 bits per heavy atom. The van der Waals surface area contributed by atoms with Crippen LogP contribution in [0.5, 0.6) is 0 Å². The number of carbonyl (C=O) groups is 2. The van der Waals surface area contributed by atoms with Crippen LogP contribution >= 0.6 is 0 Å². The lowest BCUT2D eigenvalue weighted by Gasteiger charge is -2.22. The van der Waals surface area contributed by atoms with Crippen molar-refractivity contribution in [3.8, 4) is 0 Å². The first kappa shape index (κ1) is 21.8. The molecule has 0 aliphatic heterocycles. The number of hydrogen-bond acceptors (Lipinski definition) is 3. The molecule has 0 heterocycles. The number of aliphatic carboxylic acids is 1. The van der Waals surface area contributed by atoms with E-state index in [4.69, 9.17) is 5.11 Å². The molecular formula is C16H19F5N2O3. The van der Waals surface area contributed by atoms with Gasteiger partial charge in [-0.25, -0.2) is 13.6 Å². The zero-order valence-electron chi connectivity index (χ0n) is 13.9. The molecule has 1 unspecified atom stereocenters. The highest BCUT2D eigenvalue weighted by atomic mass is 19.4. The summed E-state index contributed by atoms with van der Waals surface area (Å²) in [5.41, 5.74) is -0.161. The molecule has 3 N–H and O–H groups in total. The van der Waals surface area contributed by atoms with Gasteiger partial charge in [-0.3, -0.25) is 4.79 Å². The van der Waals surface area contributed by atoms with Crippen LogP contribution in [-0.2, 0) is 9.59 Å². The first-order valence-electron chi connectivity index (χ1n) is 7.72. The summed E-state index contributed by atoms with van der Waals surface area (Å²) in [4.78, 5) is 22.2. The highest BCUT2D eigenvalue weighted by Crippen LogP contribution is 2.26. The minimum absolute atomic E-state index is 0.0809. The van der Waals surface area contributed by atoms with Gasteiger partial charge in [-0.05, 0) is 30.4 Å². The van der Waals surface area contributed by atoms with E-state index in [-0.39, 0.29) is 24.9 Å². The Morgan fingerprint density at radius 2 is 1.85 bits per heavy atom. The molecule has 1 amide bonds. The minimum atomic E-state index is -4.48. The maximum absolute atomic E-state index is 14.0. The van der Waals surface area contributed by atoms with Crippen LogP contribution in [0.1, 0.15) is 31.2 Å². The predicted octanol–water partition coefficient (Wildman–Crippen LogP) is 2.57. The zero-order chi connectivity index (χ0) is 19.9. The van der Waals surface area contributed by atoms with Gasteiger partial charge in [0.1, 0.15) is 6.04 Å². The fourth-order valence-electron chi connectivity index (χ4n) is 2.46. The van der Waals surface area contributed by atoms with E-state index < -0.39 is 48.2 Å². The van der Waals surface area contributed by atoms with E-state index in [0.717, 1.165) is 13.0 Å². The first-order valence-corrected chi connectivity index (χ1v) is 7.72. The lowest BCUT2D eigenvalue weighted by Crippen LogP contribution is -2.40. The highest BCUT2D eigenvalue weighted by molar-refractivity contribution is 5.81. The quantitative estimate of drug-likeness (QED) is 0.574. The number of alkyl halides is 3. The van der Waals surface area contributed by atoms with E-state index in [2.05, 4.69) is 10.6 Å². The molecule has 5 nitrogen and oxygen atoms in total. The Balaban J connectivity index is 2.91. The number of carboxylic acid groups (broad SMARTS) is 1. The number of rotatable bonds is 9. The van der Waals surface area contributed by atoms with Gasteiger partial charge in [0.2, 0.25) is 5.91 Å². The van der Waals surface area contributed by atoms with Crippen LogP contribution in [-0.4, -0.2) is 42.3 Å². The Hall–Kier alpha value is -2.23. The number of benzene rings is 1. The van der Waals surface area contributed by atoms with Crippen molar-refractivity contribution < 1.29 is 36.6 Å². The van der Waals surface area contributed by atoms with Gasteiger partial charge in [0.05, 0.1) is 6.54 Å². The number of nitrogens with one attached hydrogen (secondary N) is 2. The van der Waals surface area contributed by atoms with Crippen LogP contribution in [0.15, 0.2) is 18.2 Å². The number of carboxylic acids is 1. The average Bonchev–Trinajstić information content (AvgIpc) is 2.50. The third-order valence-corrected chi connectivity index (χ3v) is 3.62. The highest BCUT2D eigenvalue weighted by Gasteiger charge is 2.28. The molecule has 0 aliphatic rings. The van der Waals surface area contributed by atoms with E-state index >= 15 is 0 Å². The largest absolute Gasteiger partial charge is 0.480 e. The van der Waals surface area contributed by atoms with Crippen molar-refractivity contribution >= 4 is 11.9 Å². The summed E-state index contributed by atoms with van der Waals surface area (Å²) in [6, 6.07) is 2.03. The fraction of sp³-hybridized carbons (Fsp3) is 0.500. The Labute approximate surface area is 146 Å². The van der Waals surface area contributed by atoms with Gasteiger partial charge in [0.25, 0.3) is 0 Å². The first-order chi connectivity index (χ1) is 12.0. The van der Waals surface area contributed by atoms with Gasteiger partial charge in [-0.2, -0.15) is 13.2 Å². The van der Waals surface area contributed by atoms with Crippen LogP contribution in [0.25, 0.3) is 0 Å². The van der Waals surface area contributed by atoms with Crippen molar-refractivity contribution in [3.63, 3.8) is 0 Å². The van der Waals surface area contributed by atoms with Gasteiger partial charge in [-0.15, -0.1) is 0 Å². The van der Waals surface area contributed by atoms with Crippen LogP contribution in [0.3, 0.4) is 0 Å². The Kier molecular flexibility index (Phi) is 7.94. The molecule has 2 atom stereocenters. The number of amides is 1. The van der Waals surface area contributed by atoms with E-state index in [1.54, 1.807) is 0 Å². The number of carbonyl (C=O) groups excluding carboxylic acids is 1. The second-order valence-corrected chi connectivity index (χ2v) is 5.75. The molecule has 1 aromatic rings. The molecule has 146 valence electrons. The molecular weight excluding hydrogens is 363 g/mol. The second kappa shape index (κ2) is 9.46. The SMILES string of the molecule is CC(=O)NC(CC[C@H](CNCC(F)(F)F)c1cccc(F)c1F)C(=O)O. The van der Waals surface area contributed by atoms with Gasteiger partial charge in [-0.1, -0.05) is 12.1 Å². The molecule has 1 rings (SSSR count). The van der Waals surface area contributed by atoms with Crippen LogP contribution in [0, 0.1) is 11.6 Å².